The largest absolute Gasteiger partial charge is 0.303 e. The van der Waals surface area contributed by atoms with Gasteiger partial charge in [0, 0.05) is 5.92 Å². The molecule has 0 unspecified atom stereocenters. The average Bonchev–Trinajstić information content (AvgIpc) is 2.41. The number of Topliss-reactive ketones (excluding diaryl/α,β-unsaturated/α-hetero) is 1. The molecule has 1 rings (SSSR count). The number of carbonyl (C=O) groups is 1. The first-order valence-corrected chi connectivity index (χ1v) is 7.47. The Bertz CT molecular complexity index is 160. The smallest absolute Gasteiger partial charge is 0.133 e. The molecule has 0 bridgehead atoms. The predicted molar refractivity (Wildman–Crippen MR) is 77.4 cm³/mol. The van der Waals surface area contributed by atoms with Gasteiger partial charge in [-0.15, -0.1) is 0 Å². The van der Waals surface area contributed by atoms with Gasteiger partial charge in [-0.2, -0.15) is 0 Å². The normalized spacial score (nSPS) is 16.4. The Balaban J connectivity index is 0. The summed E-state index contributed by atoms with van der Waals surface area (Å²) in [5.74, 6) is 0.744. The minimum absolute atomic E-state index is 0.359. The molecular weight excluding hydrogens is 210 g/mol. The van der Waals surface area contributed by atoms with E-state index in [1.54, 1.807) is 6.92 Å². The lowest BCUT2D eigenvalue weighted by molar-refractivity contribution is -0.122. The molecule has 1 heterocycles. The third kappa shape index (κ3) is 9.34. The van der Waals surface area contributed by atoms with Gasteiger partial charge in [0.2, 0.25) is 0 Å². The number of carbonyl (C=O) groups excluding carboxylic acids is 1. The van der Waals surface area contributed by atoms with Crippen molar-refractivity contribution in [1.29, 1.82) is 0 Å². The molecule has 0 radical (unpaired) electrons. The predicted octanol–water partition coefficient (Wildman–Crippen LogP) is 4.14. The first-order valence-electron chi connectivity index (χ1n) is 7.47. The summed E-state index contributed by atoms with van der Waals surface area (Å²) in [7, 11) is 0. The molecule has 104 valence electrons. The van der Waals surface area contributed by atoms with E-state index < -0.39 is 0 Å². The molecule has 17 heavy (non-hydrogen) atoms. The van der Waals surface area contributed by atoms with Crippen LogP contribution in [0.5, 0.6) is 0 Å². The molecule has 1 aliphatic heterocycles. The monoisotopic (exact) mass is 243 g/mol. The fourth-order valence-electron chi connectivity index (χ4n) is 1.94. The van der Waals surface area contributed by atoms with Gasteiger partial charge < -0.3 is 4.90 Å². The molecule has 0 aromatic heterocycles. The summed E-state index contributed by atoms with van der Waals surface area (Å²) < 4.78 is 0. The van der Waals surface area contributed by atoms with E-state index in [0.29, 0.717) is 11.7 Å². The van der Waals surface area contributed by atoms with Crippen LogP contribution in [-0.4, -0.2) is 30.3 Å². The molecule has 0 aromatic rings. The van der Waals surface area contributed by atoms with Crippen LogP contribution in [0.1, 0.15) is 67.2 Å². The Hall–Kier alpha value is -0.370. The van der Waals surface area contributed by atoms with Crippen LogP contribution in [0.3, 0.4) is 0 Å². The van der Waals surface area contributed by atoms with Crippen molar-refractivity contribution in [2.75, 3.05) is 19.6 Å². The summed E-state index contributed by atoms with van der Waals surface area (Å²) in [5, 5.41) is 0. The minimum Gasteiger partial charge on any atom is -0.303 e. The molecule has 2 nitrogen and oxygen atoms in total. The van der Waals surface area contributed by atoms with Crippen molar-refractivity contribution in [1.82, 2.24) is 4.90 Å². The number of unbranched alkanes of at least 4 members (excludes halogenated alkanes) is 1. The number of hydrogen-bond acceptors (Lipinski definition) is 2. The Kier molecular flexibility index (Phi) is 15.3. The Morgan fingerprint density at radius 2 is 1.59 bits per heavy atom. The lowest BCUT2D eigenvalue weighted by atomic mass is 9.93. The summed E-state index contributed by atoms with van der Waals surface area (Å²) in [6.07, 6.45) is 4.73. The van der Waals surface area contributed by atoms with E-state index in [4.69, 9.17) is 0 Å². The Morgan fingerprint density at radius 1 is 1.12 bits per heavy atom. The number of rotatable bonds is 4. The maximum Gasteiger partial charge on any atom is 0.133 e. The van der Waals surface area contributed by atoms with Crippen molar-refractivity contribution in [3.05, 3.63) is 0 Å². The highest BCUT2D eigenvalue weighted by atomic mass is 16.1. The number of nitrogens with zero attached hydrogens (tertiary/aromatic N) is 1. The molecule has 0 N–H and O–H groups in total. The van der Waals surface area contributed by atoms with Gasteiger partial charge in [0.05, 0.1) is 0 Å². The van der Waals surface area contributed by atoms with Gasteiger partial charge in [-0.05, 0) is 45.8 Å². The fourth-order valence-corrected chi connectivity index (χ4v) is 1.94. The van der Waals surface area contributed by atoms with Gasteiger partial charge in [0.25, 0.3) is 0 Å². The third-order valence-corrected chi connectivity index (χ3v) is 2.99. The van der Waals surface area contributed by atoms with E-state index in [1.165, 1.54) is 19.4 Å². The van der Waals surface area contributed by atoms with Crippen LogP contribution < -0.4 is 0 Å². The van der Waals surface area contributed by atoms with Crippen LogP contribution in [-0.2, 0) is 4.79 Å². The molecular formula is C15H33NO. The van der Waals surface area contributed by atoms with Crippen molar-refractivity contribution in [2.45, 2.75) is 67.2 Å². The minimum atomic E-state index is 0.359. The van der Waals surface area contributed by atoms with Gasteiger partial charge >= 0.3 is 0 Å². The quantitative estimate of drug-likeness (QED) is 0.739. The summed E-state index contributed by atoms with van der Waals surface area (Å²) in [4.78, 5) is 13.6. The van der Waals surface area contributed by atoms with Crippen LogP contribution in [0.15, 0.2) is 0 Å². The number of hydrogen-bond donors (Lipinski definition) is 0. The van der Waals surface area contributed by atoms with E-state index in [9.17, 15) is 4.79 Å². The van der Waals surface area contributed by atoms with Crippen molar-refractivity contribution in [3.8, 4) is 0 Å². The standard InChI is InChI=1S/C11H21NO.2C2H6/c1-3-4-7-12-8-5-11(6-9-12)10(2)13;2*1-2/h11H,3-9H2,1-2H3;2*1-2H3. The summed E-state index contributed by atoms with van der Waals surface area (Å²) in [6, 6.07) is 0. The highest BCUT2D eigenvalue weighted by Crippen LogP contribution is 2.17. The zero-order valence-corrected chi connectivity index (χ0v) is 12.9. The summed E-state index contributed by atoms with van der Waals surface area (Å²) >= 11 is 0. The van der Waals surface area contributed by atoms with Gasteiger partial charge in [-0.25, -0.2) is 0 Å². The molecule has 0 spiro atoms. The van der Waals surface area contributed by atoms with Gasteiger partial charge in [-0.3, -0.25) is 4.79 Å². The number of ketones is 1. The second-order valence-corrected chi connectivity index (χ2v) is 4.08. The lowest BCUT2D eigenvalue weighted by Crippen LogP contribution is -2.36. The van der Waals surface area contributed by atoms with Crippen LogP contribution >= 0.6 is 0 Å². The lowest BCUT2D eigenvalue weighted by Gasteiger charge is -2.30. The van der Waals surface area contributed by atoms with E-state index in [2.05, 4.69) is 11.8 Å². The van der Waals surface area contributed by atoms with Crippen LogP contribution in [0.2, 0.25) is 0 Å². The second kappa shape index (κ2) is 13.7. The van der Waals surface area contributed by atoms with Crippen molar-refractivity contribution in [2.24, 2.45) is 5.92 Å². The highest BCUT2D eigenvalue weighted by molar-refractivity contribution is 5.78. The summed E-state index contributed by atoms with van der Waals surface area (Å²) in [6.45, 7) is 15.4. The van der Waals surface area contributed by atoms with Crippen LogP contribution in [0.4, 0.5) is 0 Å². The molecule has 0 saturated carbocycles. The molecule has 0 aromatic carbocycles. The van der Waals surface area contributed by atoms with Gasteiger partial charge in [-0.1, -0.05) is 41.0 Å². The molecule has 1 fully saturated rings. The molecule has 1 aliphatic rings. The maximum atomic E-state index is 11.1. The molecule has 2 heteroatoms. The molecule has 0 aliphatic carbocycles. The van der Waals surface area contributed by atoms with Gasteiger partial charge in [0.15, 0.2) is 0 Å². The van der Waals surface area contributed by atoms with Gasteiger partial charge in [0.1, 0.15) is 5.78 Å². The SMILES string of the molecule is CC.CC.CCCCN1CCC(C(C)=O)CC1. The molecule has 0 atom stereocenters. The first-order chi connectivity index (χ1) is 8.24. The topological polar surface area (TPSA) is 20.3 Å². The Labute approximate surface area is 109 Å². The zero-order chi connectivity index (χ0) is 13.7. The summed E-state index contributed by atoms with van der Waals surface area (Å²) in [5.41, 5.74) is 0. The van der Waals surface area contributed by atoms with E-state index in [1.807, 2.05) is 27.7 Å². The van der Waals surface area contributed by atoms with E-state index in [0.717, 1.165) is 25.9 Å². The van der Waals surface area contributed by atoms with E-state index in [-0.39, 0.29) is 0 Å². The second-order valence-electron chi connectivity index (χ2n) is 4.08. The highest BCUT2D eigenvalue weighted by Gasteiger charge is 2.21. The van der Waals surface area contributed by atoms with Crippen molar-refractivity contribution >= 4 is 5.78 Å². The maximum absolute atomic E-state index is 11.1. The average molecular weight is 243 g/mol. The van der Waals surface area contributed by atoms with Crippen LogP contribution in [0.25, 0.3) is 0 Å². The van der Waals surface area contributed by atoms with E-state index >= 15 is 0 Å². The first kappa shape index (κ1) is 19.0. The van der Waals surface area contributed by atoms with Crippen LogP contribution in [0, 0.1) is 5.92 Å². The van der Waals surface area contributed by atoms with Crippen molar-refractivity contribution in [3.63, 3.8) is 0 Å². The number of likely N-dealkylation sites (tertiary alicyclic amines) is 1. The Morgan fingerprint density at radius 3 is 1.94 bits per heavy atom. The van der Waals surface area contributed by atoms with Crippen molar-refractivity contribution < 1.29 is 4.79 Å². The molecule has 1 saturated heterocycles. The number of piperidine rings is 1. The fraction of sp³-hybridized carbons (Fsp3) is 0.933. The molecule has 0 amide bonds. The third-order valence-electron chi connectivity index (χ3n) is 2.99. The zero-order valence-electron chi connectivity index (χ0n) is 12.9.